The van der Waals surface area contributed by atoms with Crippen LogP contribution in [0.5, 0.6) is 5.75 Å². The van der Waals surface area contributed by atoms with Gasteiger partial charge >= 0.3 is 0 Å². The number of benzene rings is 3. The zero-order chi connectivity index (χ0) is 19.1. The van der Waals surface area contributed by atoms with E-state index in [-0.39, 0.29) is 18.3 Å². The number of carbonyl (C=O) groups excluding carboxylic acids is 1. The molecule has 1 N–H and O–H groups in total. The second-order valence-corrected chi connectivity index (χ2v) is 6.90. The minimum absolute atomic E-state index is 0.159. The predicted molar refractivity (Wildman–Crippen MR) is 111 cm³/mol. The van der Waals surface area contributed by atoms with Crippen LogP contribution in [-0.2, 0) is 6.61 Å². The summed E-state index contributed by atoms with van der Waals surface area (Å²) < 4.78 is 20.1. The molecule has 3 aromatic carbocycles. The van der Waals surface area contributed by atoms with Crippen molar-refractivity contribution in [1.29, 1.82) is 0 Å². The van der Waals surface area contributed by atoms with E-state index in [4.69, 9.17) is 4.74 Å². The fraction of sp³-hybridized carbons (Fsp3) is 0.0476. The molecule has 0 fully saturated rings. The second kappa shape index (κ2) is 9.27. The highest BCUT2D eigenvalue weighted by atomic mass is 127. The van der Waals surface area contributed by atoms with E-state index in [1.54, 1.807) is 60.8 Å². The quantitative estimate of drug-likeness (QED) is 0.318. The van der Waals surface area contributed by atoms with Crippen molar-refractivity contribution < 1.29 is 13.9 Å². The number of hydrogen-bond donors (Lipinski definition) is 1. The van der Waals surface area contributed by atoms with Crippen LogP contribution in [0.25, 0.3) is 0 Å². The van der Waals surface area contributed by atoms with Gasteiger partial charge in [0.1, 0.15) is 18.2 Å². The Kier molecular flexibility index (Phi) is 6.54. The Morgan fingerprint density at radius 2 is 1.85 bits per heavy atom. The number of carbonyl (C=O) groups is 1. The van der Waals surface area contributed by atoms with E-state index in [1.807, 2.05) is 12.1 Å². The van der Waals surface area contributed by atoms with E-state index in [1.165, 1.54) is 6.07 Å². The van der Waals surface area contributed by atoms with Crippen molar-refractivity contribution in [2.45, 2.75) is 6.61 Å². The SMILES string of the molecule is O=C(N/N=C\c1ccc(OCc2ccccc2F)cc1)c1cccc(I)c1. The van der Waals surface area contributed by atoms with Gasteiger partial charge in [-0.1, -0.05) is 24.3 Å². The van der Waals surface area contributed by atoms with Crippen LogP contribution in [0, 0.1) is 9.39 Å². The molecular formula is C21H16FIN2O2. The standard InChI is InChI=1S/C21H16FIN2O2/c22-20-7-2-1-4-17(20)14-27-19-10-8-15(9-11-19)13-24-25-21(26)16-5-3-6-18(23)12-16/h1-13H,14H2,(H,25,26)/b24-13-. The third kappa shape index (κ3) is 5.62. The van der Waals surface area contributed by atoms with Gasteiger partial charge in [0, 0.05) is 14.7 Å². The molecule has 0 bridgehead atoms. The number of hydrogen-bond acceptors (Lipinski definition) is 3. The normalized spacial score (nSPS) is 10.7. The minimum Gasteiger partial charge on any atom is -0.489 e. The Bertz CT molecular complexity index is 958. The summed E-state index contributed by atoms with van der Waals surface area (Å²) in [6.07, 6.45) is 1.55. The van der Waals surface area contributed by atoms with Crippen LogP contribution in [0.2, 0.25) is 0 Å². The molecule has 3 aromatic rings. The maximum atomic E-state index is 13.6. The lowest BCUT2D eigenvalue weighted by atomic mass is 10.2. The van der Waals surface area contributed by atoms with Gasteiger partial charge in [0.25, 0.3) is 5.91 Å². The largest absolute Gasteiger partial charge is 0.489 e. The molecule has 6 heteroatoms. The summed E-state index contributed by atoms with van der Waals surface area (Å²) in [7, 11) is 0. The molecule has 0 aliphatic rings. The van der Waals surface area contributed by atoms with Crippen molar-refractivity contribution in [2.24, 2.45) is 5.10 Å². The van der Waals surface area contributed by atoms with Crippen molar-refractivity contribution in [3.05, 3.63) is 98.9 Å². The Balaban J connectivity index is 1.53. The molecule has 0 unspecified atom stereocenters. The molecule has 1 amide bonds. The first-order valence-corrected chi connectivity index (χ1v) is 9.25. The van der Waals surface area contributed by atoms with E-state index in [0.717, 1.165) is 9.13 Å². The summed E-state index contributed by atoms with van der Waals surface area (Å²) in [5.74, 6) is 0.0676. The van der Waals surface area contributed by atoms with Crippen LogP contribution in [-0.4, -0.2) is 12.1 Å². The first-order chi connectivity index (χ1) is 13.1. The van der Waals surface area contributed by atoms with E-state index < -0.39 is 0 Å². The molecule has 0 aliphatic carbocycles. The van der Waals surface area contributed by atoms with Crippen molar-refractivity contribution in [3.8, 4) is 5.75 Å². The van der Waals surface area contributed by atoms with Crippen LogP contribution in [0.15, 0.2) is 77.9 Å². The van der Waals surface area contributed by atoms with Crippen LogP contribution in [0.1, 0.15) is 21.5 Å². The molecule has 0 saturated carbocycles. The first kappa shape index (κ1) is 19.0. The van der Waals surface area contributed by atoms with E-state index in [9.17, 15) is 9.18 Å². The lowest BCUT2D eigenvalue weighted by Gasteiger charge is -2.07. The van der Waals surface area contributed by atoms with Crippen molar-refractivity contribution in [3.63, 3.8) is 0 Å². The average molecular weight is 474 g/mol. The Morgan fingerprint density at radius 3 is 2.59 bits per heavy atom. The topological polar surface area (TPSA) is 50.7 Å². The lowest BCUT2D eigenvalue weighted by Crippen LogP contribution is -2.17. The van der Waals surface area contributed by atoms with E-state index in [0.29, 0.717) is 16.9 Å². The molecule has 0 atom stereocenters. The molecule has 0 heterocycles. The van der Waals surface area contributed by atoms with Gasteiger partial charge in [-0.3, -0.25) is 4.79 Å². The Labute approximate surface area is 170 Å². The molecule has 0 aromatic heterocycles. The molecule has 3 rings (SSSR count). The molecule has 27 heavy (non-hydrogen) atoms. The van der Waals surface area contributed by atoms with Crippen LogP contribution < -0.4 is 10.2 Å². The Hall–Kier alpha value is -2.74. The van der Waals surface area contributed by atoms with Gasteiger partial charge in [-0.2, -0.15) is 5.10 Å². The third-order valence-corrected chi connectivity index (χ3v) is 4.37. The van der Waals surface area contributed by atoms with Gasteiger partial charge in [-0.15, -0.1) is 0 Å². The smallest absolute Gasteiger partial charge is 0.271 e. The monoisotopic (exact) mass is 474 g/mol. The number of ether oxygens (including phenoxy) is 1. The number of halogens is 2. The molecule has 0 aliphatic heterocycles. The molecule has 4 nitrogen and oxygen atoms in total. The van der Waals surface area contributed by atoms with Gasteiger partial charge in [0.15, 0.2) is 0 Å². The van der Waals surface area contributed by atoms with E-state index in [2.05, 4.69) is 33.1 Å². The molecular weight excluding hydrogens is 458 g/mol. The molecule has 0 radical (unpaired) electrons. The van der Waals surface area contributed by atoms with Gasteiger partial charge in [0.05, 0.1) is 6.21 Å². The number of nitrogens with zero attached hydrogens (tertiary/aromatic N) is 1. The van der Waals surface area contributed by atoms with Gasteiger partial charge in [0.2, 0.25) is 0 Å². The summed E-state index contributed by atoms with van der Waals surface area (Å²) >= 11 is 2.15. The maximum Gasteiger partial charge on any atom is 0.271 e. The number of nitrogens with one attached hydrogen (secondary N) is 1. The first-order valence-electron chi connectivity index (χ1n) is 8.17. The summed E-state index contributed by atoms with van der Waals surface area (Å²) in [6.45, 7) is 0.159. The lowest BCUT2D eigenvalue weighted by molar-refractivity contribution is 0.0955. The number of hydrazone groups is 1. The highest BCUT2D eigenvalue weighted by molar-refractivity contribution is 14.1. The molecule has 0 spiro atoms. The highest BCUT2D eigenvalue weighted by Crippen LogP contribution is 2.15. The van der Waals surface area contributed by atoms with Crippen LogP contribution in [0.4, 0.5) is 4.39 Å². The highest BCUT2D eigenvalue weighted by Gasteiger charge is 2.04. The number of rotatable bonds is 6. The zero-order valence-electron chi connectivity index (χ0n) is 14.2. The van der Waals surface area contributed by atoms with Crippen molar-refractivity contribution in [2.75, 3.05) is 0 Å². The molecule has 136 valence electrons. The maximum absolute atomic E-state index is 13.6. The van der Waals surface area contributed by atoms with Crippen molar-refractivity contribution in [1.82, 2.24) is 5.43 Å². The summed E-state index contributed by atoms with van der Waals surface area (Å²) in [5, 5.41) is 3.97. The average Bonchev–Trinajstić information content (AvgIpc) is 2.68. The summed E-state index contributed by atoms with van der Waals surface area (Å²) in [4.78, 5) is 12.0. The number of amides is 1. The summed E-state index contributed by atoms with van der Waals surface area (Å²) in [5.41, 5.74) is 4.35. The van der Waals surface area contributed by atoms with E-state index >= 15 is 0 Å². The van der Waals surface area contributed by atoms with Gasteiger partial charge in [-0.05, 0) is 76.7 Å². The summed E-state index contributed by atoms with van der Waals surface area (Å²) in [6, 6.07) is 20.9. The third-order valence-electron chi connectivity index (χ3n) is 3.70. The minimum atomic E-state index is -0.287. The Morgan fingerprint density at radius 1 is 1.07 bits per heavy atom. The predicted octanol–water partition coefficient (Wildman–Crippen LogP) is 4.77. The van der Waals surface area contributed by atoms with Crippen LogP contribution >= 0.6 is 22.6 Å². The zero-order valence-corrected chi connectivity index (χ0v) is 16.4. The van der Waals surface area contributed by atoms with Gasteiger partial charge < -0.3 is 4.74 Å². The van der Waals surface area contributed by atoms with Gasteiger partial charge in [-0.25, -0.2) is 9.82 Å². The second-order valence-electron chi connectivity index (χ2n) is 5.66. The fourth-order valence-corrected chi connectivity index (χ4v) is 2.83. The fourth-order valence-electron chi connectivity index (χ4n) is 2.29. The molecule has 0 saturated heterocycles. The van der Waals surface area contributed by atoms with Crippen LogP contribution in [0.3, 0.4) is 0 Å². The van der Waals surface area contributed by atoms with Crippen molar-refractivity contribution >= 4 is 34.7 Å².